The largest absolute Gasteiger partial charge is 0.398 e. The predicted molar refractivity (Wildman–Crippen MR) is 183 cm³/mol. The lowest BCUT2D eigenvalue weighted by Gasteiger charge is -2.19. The summed E-state index contributed by atoms with van der Waals surface area (Å²) in [5, 5.41) is 7.29. The Bertz CT molecular complexity index is 2180. The van der Waals surface area contributed by atoms with E-state index in [0.29, 0.717) is 0 Å². The van der Waals surface area contributed by atoms with Crippen LogP contribution in [0.5, 0.6) is 0 Å². The molecule has 0 saturated heterocycles. The lowest BCUT2D eigenvalue weighted by molar-refractivity contribution is 1.45. The van der Waals surface area contributed by atoms with E-state index in [0.717, 1.165) is 39.1 Å². The Kier molecular flexibility index (Phi) is 6.41. The van der Waals surface area contributed by atoms with Crippen molar-refractivity contribution < 1.29 is 0 Å². The monoisotopic (exact) mass is 537 g/mol. The van der Waals surface area contributed by atoms with Crippen LogP contribution in [0.4, 0.5) is 5.69 Å². The van der Waals surface area contributed by atoms with Gasteiger partial charge in [-0.2, -0.15) is 0 Å². The van der Waals surface area contributed by atoms with Gasteiger partial charge in [0.1, 0.15) is 0 Å². The van der Waals surface area contributed by atoms with Gasteiger partial charge in [-0.15, -0.1) is 0 Å². The van der Waals surface area contributed by atoms with Crippen molar-refractivity contribution in [1.29, 1.82) is 0 Å². The SMILES string of the molecule is C=C(/C=C(/c1ccc2ccccc2c1)c1cc(-c2ccccc2N)c2ccccc2c1C)c1ccc2ccccc2c1. The molecule has 7 aromatic rings. The number of anilines is 1. The Morgan fingerprint density at radius 3 is 1.79 bits per heavy atom. The molecule has 0 bridgehead atoms. The Morgan fingerprint density at radius 1 is 0.548 bits per heavy atom. The molecule has 0 unspecified atom stereocenters. The van der Waals surface area contributed by atoms with Gasteiger partial charge in [0.2, 0.25) is 0 Å². The molecule has 1 nitrogen and oxygen atoms in total. The molecule has 42 heavy (non-hydrogen) atoms. The van der Waals surface area contributed by atoms with Crippen LogP contribution < -0.4 is 5.73 Å². The van der Waals surface area contributed by atoms with Crippen molar-refractivity contribution in [2.45, 2.75) is 6.92 Å². The quantitative estimate of drug-likeness (QED) is 0.171. The molecule has 2 N–H and O–H groups in total. The van der Waals surface area contributed by atoms with Crippen LogP contribution in [-0.2, 0) is 0 Å². The summed E-state index contributed by atoms with van der Waals surface area (Å²) in [4.78, 5) is 0. The van der Waals surface area contributed by atoms with Crippen LogP contribution in [0.15, 0.2) is 152 Å². The van der Waals surface area contributed by atoms with Gasteiger partial charge in [-0.05, 0) is 109 Å². The Labute approximate surface area is 246 Å². The fraction of sp³-hybridized carbons (Fsp3) is 0.0244. The Hall–Kier alpha value is -5.40. The fourth-order valence-corrected chi connectivity index (χ4v) is 6.09. The Balaban J connectivity index is 1.50. The van der Waals surface area contributed by atoms with Crippen molar-refractivity contribution in [3.63, 3.8) is 0 Å². The number of hydrogen-bond acceptors (Lipinski definition) is 1. The van der Waals surface area contributed by atoms with Crippen LogP contribution in [-0.4, -0.2) is 0 Å². The number of allylic oxidation sites excluding steroid dienone is 2. The zero-order valence-corrected chi connectivity index (χ0v) is 23.6. The first kappa shape index (κ1) is 25.6. The summed E-state index contributed by atoms with van der Waals surface area (Å²) >= 11 is 0. The smallest absolute Gasteiger partial charge is 0.0393 e. The van der Waals surface area contributed by atoms with E-state index >= 15 is 0 Å². The standard InChI is InChI=1S/C41H31N/c1-27(31-21-19-29-11-3-5-13-32(29)24-31)23-39(34-22-20-30-12-4-6-14-33(30)25-34)38-26-40(37-17-9-10-18-41(37)42)36-16-8-7-15-35(36)28(38)2/h3-26H,1,42H2,2H3/b39-23-. The predicted octanol–water partition coefficient (Wildman–Crippen LogP) is 10.8. The second kappa shape index (κ2) is 10.5. The van der Waals surface area contributed by atoms with Crippen LogP contribution in [0, 0.1) is 6.92 Å². The molecule has 0 spiro atoms. The van der Waals surface area contributed by atoms with Crippen LogP contribution in [0.25, 0.3) is 54.6 Å². The van der Waals surface area contributed by atoms with E-state index in [1.165, 1.54) is 43.4 Å². The van der Waals surface area contributed by atoms with E-state index in [4.69, 9.17) is 5.73 Å². The van der Waals surface area contributed by atoms with E-state index in [1.807, 2.05) is 12.1 Å². The first-order chi connectivity index (χ1) is 20.6. The van der Waals surface area contributed by atoms with Gasteiger partial charge in [-0.3, -0.25) is 0 Å². The third kappa shape index (κ3) is 4.56. The third-order valence-electron chi connectivity index (χ3n) is 8.35. The molecule has 0 aromatic heterocycles. The highest BCUT2D eigenvalue weighted by molar-refractivity contribution is 6.06. The highest BCUT2D eigenvalue weighted by Crippen LogP contribution is 2.40. The average Bonchev–Trinajstić information content (AvgIpc) is 3.04. The topological polar surface area (TPSA) is 26.0 Å². The molecule has 7 aromatic carbocycles. The van der Waals surface area contributed by atoms with Crippen LogP contribution in [0.1, 0.15) is 22.3 Å². The third-order valence-corrected chi connectivity index (χ3v) is 8.35. The van der Waals surface area contributed by atoms with Gasteiger partial charge in [0, 0.05) is 11.3 Å². The highest BCUT2D eigenvalue weighted by atomic mass is 14.6. The molecule has 0 aliphatic heterocycles. The van der Waals surface area contributed by atoms with Crippen LogP contribution in [0.3, 0.4) is 0 Å². The minimum Gasteiger partial charge on any atom is -0.398 e. The number of fused-ring (bicyclic) bond motifs is 3. The summed E-state index contributed by atoms with van der Waals surface area (Å²) in [6, 6.07) is 49.4. The van der Waals surface area contributed by atoms with Crippen molar-refractivity contribution >= 4 is 49.2 Å². The number of benzene rings is 7. The molecule has 0 heterocycles. The van der Waals surface area contributed by atoms with E-state index < -0.39 is 0 Å². The lowest BCUT2D eigenvalue weighted by Crippen LogP contribution is -1.98. The van der Waals surface area contributed by atoms with Gasteiger partial charge in [-0.25, -0.2) is 0 Å². The van der Waals surface area contributed by atoms with Gasteiger partial charge in [0.25, 0.3) is 0 Å². The van der Waals surface area contributed by atoms with Gasteiger partial charge in [0.05, 0.1) is 0 Å². The summed E-state index contributed by atoms with van der Waals surface area (Å²) in [5.74, 6) is 0. The Morgan fingerprint density at radius 2 is 1.10 bits per heavy atom. The maximum Gasteiger partial charge on any atom is 0.0393 e. The van der Waals surface area contributed by atoms with Crippen molar-refractivity contribution in [1.82, 2.24) is 0 Å². The molecule has 0 saturated carbocycles. The molecule has 0 atom stereocenters. The fourth-order valence-electron chi connectivity index (χ4n) is 6.09. The number of hydrogen-bond donors (Lipinski definition) is 1. The maximum absolute atomic E-state index is 6.55. The summed E-state index contributed by atoms with van der Waals surface area (Å²) in [5.41, 5.74) is 16.3. The van der Waals surface area contributed by atoms with E-state index in [-0.39, 0.29) is 0 Å². The first-order valence-electron chi connectivity index (χ1n) is 14.3. The van der Waals surface area contributed by atoms with Crippen molar-refractivity contribution in [3.05, 3.63) is 174 Å². The summed E-state index contributed by atoms with van der Waals surface area (Å²) in [6.07, 6.45) is 2.25. The van der Waals surface area contributed by atoms with Crippen LogP contribution in [0.2, 0.25) is 0 Å². The number of nitrogen functional groups attached to an aromatic ring is 1. The number of aryl methyl sites for hydroxylation is 1. The van der Waals surface area contributed by atoms with Crippen molar-refractivity contribution in [2.75, 3.05) is 5.73 Å². The minimum atomic E-state index is 0.772. The molecule has 0 aliphatic carbocycles. The summed E-state index contributed by atoms with van der Waals surface area (Å²) < 4.78 is 0. The second-order valence-electron chi connectivity index (χ2n) is 10.9. The minimum absolute atomic E-state index is 0.772. The van der Waals surface area contributed by atoms with Gasteiger partial charge >= 0.3 is 0 Å². The zero-order valence-electron chi connectivity index (χ0n) is 23.6. The average molecular weight is 538 g/mol. The molecule has 0 fully saturated rings. The molecule has 7 rings (SSSR count). The molecule has 0 aliphatic rings. The van der Waals surface area contributed by atoms with Crippen molar-refractivity contribution in [2.24, 2.45) is 0 Å². The molecule has 1 heteroatoms. The van der Waals surface area contributed by atoms with Gasteiger partial charge in [-0.1, -0.05) is 122 Å². The second-order valence-corrected chi connectivity index (χ2v) is 10.9. The lowest BCUT2D eigenvalue weighted by atomic mass is 9.85. The molecule has 0 amide bonds. The van der Waals surface area contributed by atoms with Crippen LogP contribution >= 0.6 is 0 Å². The van der Waals surface area contributed by atoms with Gasteiger partial charge < -0.3 is 5.73 Å². The first-order valence-corrected chi connectivity index (χ1v) is 14.3. The number of rotatable bonds is 5. The van der Waals surface area contributed by atoms with E-state index in [2.05, 4.69) is 147 Å². The summed E-state index contributed by atoms with van der Waals surface area (Å²) in [7, 11) is 0. The molecular formula is C41H31N. The molecule has 200 valence electrons. The molecule has 0 radical (unpaired) electrons. The van der Waals surface area contributed by atoms with Gasteiger partial charge in [0.15, 0.2) is 0 Å². The molecular weight excluding hydrogens is 506 g/mol. The highest BCUT2D eigenvalue weighted by Gasteiger charge is 2.17. The van der Waals surface area contributed by atoms with E-state index in [1.54, 1.807) is 0 Å². The van der Waals surface area contributed by atoms with E-state index in [9.17, 15) is 0 Å². The maximum atomic E-state index is 6.55. The van der Waals surface area contributed by atoms with Crippen molar-refractivity contribution in [3.8, 4) is 11.1 Å². The zero-order chi connectivity index (χ0) is 28.6. The summed E-state index contributed by atoms with van der Waals surface area (Å²) in [6.45, 7) is 6.80. The number of para-hydroxylation sites is 1. The normalized spacial score (nSPS) is 11.8. The number of nitrogens with two attached hydrogens (primary N) is 1.